The number of aromatic nitrogens is 2. The Hall–Kier alpha value is -4.20. The van der Waals surface area contributed by atoms with Crippen LogP contribution in [0.2, 0.25) is 10.0 Å². The second kappa shape index (κ2) is 9.35. The Morgan fingerprint density at radius 1 is 1.06 bits per heavy atom. The number of esters is 1. The number of fused-ring (bicyclic) bond motifs is 1. The lowest BCUT2D eigenvalue weighted by Gasteiger charge is -2.13. The average Bonchev–Trinajstić information content (AvgIpc) is 3.33. The zero-order valence-corrected chi connectivity index (χ0v) is 18.6. The van der Waals surface area contributed by atoms with E-state index in [9.17, 15) is 24.4 Å². The fourth-order valence-electron chi connectivity index (χ4n) is 3.23. The second-order valence-corrected chi connectivity index (χ2v) is 7.80. The maximum Gasteiger partial charge on any atom is 0.326 e. The molecule has 0 aliphatic carbocycles. The number of para-hydroxylation sites is 1. The topological polar surface area (TPSA) is 134 Å². The van der Waals surface area contributed by atoms with E-state index in [4.69, 9.17) is 27.9 Å². The summed E-state index contributed by atoms with van der Waals surface area (Å²) >= 11 is 11.8. The Morgan fingerprint density at radius 3 is 2.26 bits per heavy atom. The molecule has 170 valence electrons. The summed E-state index contributed by atoms with van der Waals surface area (Å²) in [5, 5.41) is 16.1. The van der Waals surface area contributed by atoms with Gasteiger partial charge in [0.1, 0.15) is 18.2 Å². The van der Waals surface area contributed by atoms with Gasteiger partial charge in [-0.1, -0.05) is 41.4 Å². The molecule has 0 spiro atoms. The van der Waals surface area contributed by atoms with Crippen LogP contribution in [-0.4, -0.2) is 51.5 Å². The van der Waals surface area contributed by atoms with Crippen molar-refractivity contribution in [3.8, 4) is 11.8 Å². The molecule has 1 aliphatic rings. The van der Waals surface area contributed by atoms with Gasteiger partial charge in [-0.25, -0.2) is 4.68 Å². The Balaban J connectivity index is 1.39. The van der Waals surface area contributed by atoms with Crippen molar-refractivity contribution in [3.05, 3.63) is 75.4 Å². The van der Waals surface area contributed by atoms with Crippen LogP contribution in [0.15, 0.2) is 48.7 Å². The molecule has 1 N–H and O–H groups in total. The third kappa shape index (κ3) is 4.34. The van der Waals surface area contributed by atoms with E-state index in [1.54, 1.807) is 30.3 Å². The van der Waals surface area contributed by atoms with E-state index in [0.717, 1.165) is 0 Å². The first-order valence-corrected chi connectivity index (χ1v) is 10.4. The molecule has 0 saturated heterocycles. The number of hydrogen-bond donors (Lipinski definition) is 1. The molecule has 3 aromatic rings. The third-order valence-electron chi connectivity index (χ3n) is 4.81. The van der Waals surface area contributed by atoms with Crippen LogP contribution in [0.1, 0.15) is 26.3 Å². The summed E-state index contributed by atoms with van der Waals surface area (Å²) in [6.07, 6.45) is 1.29. The molecule has 0 fully saturated rings. The lowest BCUT2D eigenvalue weighted by molar-refractivity contribution is -0.147. The molecule has 3 amide bonds. The van der Waals surface area contributed by atoms with Crippen molar-refractivity contribution in [2.24, 2.45) is 0 Å². The van der Waals surface area contributed by atoms with E-state index in [1.807, 2.05) is 6.07 Å². The van der Waals surface area contributed by atoms with Crippen LogP contribution in [0.3, 0.4) is 0 Å². The summed E-state index contributed by atoms with van der Waals surface area (Å²) in [4.78, 5) is 50.2. The first-order chi connectivity index (χ1) is 16.3. The lowest BCUT2D eigenvalue weighted by atomic mass is 10.1. The molecule has 10 nitrogen and oxygen atoms in total. The SMILES string of the molecule is N#Cc1cnn(-c2ccccc2)c1NC(=O)COC(=O)CN1C(=O)c2cc(Cl)c(Cl)cc2C1=O. The van der Waals surface area contributed by atoms with Crippen LogP contribution in [0.25, 0.3) is 5.69 Å². The first kappa shape index (κ1) is 23.0. The number of carbonyl (C=O) groups is 4. The maximum atomic E-state index is 12.5. The summed E-state index contributed by atoms with van der Waals surface area (Å²) in [6.45, 7) is -1.43. The van der Waals surface area contributed by atoms with Crippen LogP contribution in [0.5, 0.6) is 0 Å². The fourth-order valence-corrected chi connectivity index (χ4v) is 3.56. The summed E-state index contributed by atoms with van der Waals surface area (Å²) in [5.41, 5.74) is 0.736. The minimum absolute atomic E-state index is 0.0168. The zero-order valence-electron chi connectivity index (χ0n) is 17.1. The third-order valence-corrected chi connectivity index (χ3v) is 5.53. The van der Waals surface area contributed by atoms with E-state index in [1.165, 1.54) is 23.0 Å². The second-order valence-electron chi connectivity index (χ2n) is 6.98. The number of nitrogens with zero attached hydrogens (tertiary/aromatic N) is 4. The molecular formula is C22H13Cl2N5O5. The quantitative estimate of drug-likeness (QED) is 0.408. The van der Waals surface area contributed by atoms with Gasteiger partial charge in [0.05, 0.1) is 33.1 Å². The number of benzene rings is 2. The van der Waals surface area contributed by atoms with Crippen molar-refractivity contribution in [3.63, 3.8) is 0 Å². The zero-order chi connectivity index (χ0) is 24.4. The standard InChI is InChI=1S/C22H13Cl2N5O5/c23-16-6-14-15(7-17(16)24)22(33)28(21(14)32)10-19(31)34-11-18(30)27-20-12(8-25)9-26-29(20)13-4-2-1-3-5-13/h1-7,9H,10-11H2,(H,27,30). The molecule has 34 heavy (non-hydrogen) atoms. The molecular weight excluding hydrogens is 485 g/mol. The fraction of sp³-hybridized carbons (Fsp3) is 0.0909. The molecule has 1 aliphatic heterocycles. The van der Waals surface area contributed by atoms with Gasteiger partial charge < -0.3 is 10.1 Å². The molecule has 0 saturated carbocycles. The van der Waals surface area contributed by atoms with E-state index in [-0.39, 0.29) is 32.6 Å². The highest BCUT2D eigenvalue weighted by atomic mass is 35.5. The number of rotatable bonds is 6. The predicted octanol–water partition coefficient (Wildman–Crippen LogP) is 2.83. The minimum Gasteiger partial charge on any atom is -0.454 e. The van der Waals surface area contributed by atoms with Gasteiger partial charge in [-0.15, -0.1) is 0 Å². The van der Waals surface area contributed by atoms with Gasteiger partial charge in [0.2, 0.25) is 0 Å². The predicted molar refractivity (Wildman–Crippen MR) is 120 cm³/mol. The molecule has 0 radical (unpaired) electrons. The number of hydrogen-bond acceptors (Lipinski definition) is 7. The van der Waals surface area contributed by atoms with Gasteiger partial charge in [0, 0.05) is 0 Å². The molecule has 0 bridgehead atoms. The molecule has 1 aromatic heterocycles. The van der Waals surface area contributed by atoms with Gasteiger partial charge in [0.25, 0.3) is 17.7 Å². The summed E-state index contributed by atoms with van der Waals surface area (Å²) in [5.74, 6) is -3.10. The summed E-state index contributed by atoms with van der Waals surface area (Å²) in [6, 6.07) is 13.2. The highest BCUT2D eigenvalue weighted by molar-refractivity contribution is 6.43. The number of ether oxygens (including phenoxy) is 1. The number of imide groups is 1. The maximum absolute atomic E-state index is 12.5. The van der Waals surface area contributed by atoms with Crippen LogP contribution in [0, 0.1) is 11.3 Å². The largest absolute Gasteiger partial charge is 0.454 e. The van der Waals surface area contributed by atoms with Gasteiger partial charge in [0.15, 0.2) is 12.4 Å². The number of nitriles is 1. The van der Waals surface area contributed by atoms with Gasteiger partial charge in [-0.2, -0.15) is 10.4 Å². The van der Waals surface area contributed by atoms with Crippen molar-refractivity contribution in [1.82, 2.24) is 14.7 Å². The highest BCUT2D eigenvalue weighted by Gasteiger charge is 2.37. The minimum atomic E-state index is -0.987. The molecule has 2 aromatic carbocycles. The van der Waals surface area contributed by atoms with E-state index in [2.05, 4.69) is 10.4 Å². The van der Waals surface area contributed by atoms with Gasteiger partial charge in [-0.05, 0) is 24.3 Å². The number of amides is 3. The normalized spacial score (nSPS) is 12.3. The van der Waals surface area contributed by atoms with Crippen molar-refractivity contribution in [1.29, 1.82) is 5.26 Å². The van der Waals surface area contributed by atoms with Crippen molar-refractivity contribution < 1.29 is 23.9 Å². The monoisotopic (exact) mass is 497 g/mol. The molecule has 0 unspecified atom stereocenters. The Kier molecular flexibility index (Phi) is 6.32. The van der Waals surface area contributed by atoms with Crippen LogP contribution in [0.4, 0.5) is 5.82 Å². The lowest BCUT2D eigenvalue weighted by Crippen LogP contribution is -2.36. The number of nitrogens with one attached hydrogen (secondary N) is 1. The van der Waals surface area contributed by atoms with Crippen molar-refractivity contribution in [2.75, 3.05) is 18.5 Å². The van der Waals surface area contributed by atoms with E-state index >= 15 is 0 Å². The van der Waals surface area contributed by atoms with Gasteiger partial charge in [-0.3, -0.25) is 24.1 Å². The van der Waals surface area contributed by atoms with Crippen LogP contribution in [-0.2, 0) is 14.3 Å². The Bertz CT molecular complexity index is 1340. The van der Waals surface area contributed by atoms with E-state index < -0.39 is 36.8 Å². The molecule has 2 heterocycles. The Morgan fingerprint density at radius 2 is 1.68 bits per heavy atom. The van der Waals surface area contributed by atoms with E-state index in [0.29, 0.717) is 10.6 Å². The smallest absolute Gasteiger partial charge is 0.326 e. The van der Waals surface area contributed by atoms with Crippen LogP contribution >= 0.6 is 23.2 Å². The Labute approximate surface area is 202 Å². The molecule has 0 atom stereocenters. The van der Waals surface area contributed by atoms with Crippen molar-refractivity contribution >= 4 is 52.7 Å². The van der Waals surface area contributed by atoms with Crippen molar-refractivity contribution in [2.45, 2.75) is 0 Å². The first-order valence-electron chi connectivity index (χ1n) is 9.64. The number of anilines is 1. The summed E-state index contributed by atoms with van der Waals surface area (Å²) in [7, 11) is 0. The highest BCUT2D eigenvalue weighted by Crippen LogP contribution is 2.31. The molecule has 4 rings (SSSR count). The summed E-state index contributed by atoms with van der Waals surface area (Å²) < 4.78 is 6.27. The average molecular weight is 498 g/mol. The van der Waals surface area contributed by atoms with Gasteiger partial charge >= 0.3 is 5.97 Å². The van der Waals surface area contributed by atoms with Crippen LogP contribution < -0.4 is 5.32 Å². The molecule has 12 heteroatoms. The number of carbonyl (C=O) groups excluding carboxylic acids is 4. The number of halogens is 2.